The van der Waals surface area contributed by atoms with Gasteiger partial charge in [0.1, 0.15) is 0 Å². The maximum absolute atomic E-state index is 11.8. The highest BCUT2D eigenvalue weighted by Crippen LogP contribution is 2.26. The van der Waals surface area contributed by atoms with Crippen LogP contribution in [0.5, 0.6) is 0 Å². The van der Waals surface area contributed by atoms with Crippen LogP contribution in [0.2, 0.25) is 0 Å². The number of hydrogen-bond acceptors (Lipinski definition) is 4. The molecule has 2 aromatic rings. The average Bonchev–Trinajstić information content (AvgIpc) is 2.67. The van der Waals surface area contributed by atoms with Gasteiger partial charge in [-0.1, -0.05) is 55.6 Å². The lowest BCUT2D eigenvalue weighted by Crippen LogP contribution is -2.15. The number of aryl methyl sites for hydroxylation is 1. The normalized spacial score (nSPS) is 11.1. The van der Waals surface area contributed by atoms with Gasteiger partial charge in [-0.15, -0.1) is 12.6 Å². The van der Waals surface area contributed by atoms with Crippen LogP contribution in [-0.2, 0) is 11.2 Å². The number of thiol groups is 1. The standard InChI is InChI=1S/C22H20N2O2S/c1-15(8-9-17-6-4-3-5-7-17)24-21(27)20(22(25)26)16(2)19-12-10-18(14-23)11-13-19/h3-7,10-13,24,27H,1-2,8-9H2,(H,25,26)/b21-20+. The lowest BCUT2D eigenvalue weighted by atomic mass is 9.99. The van der Waals surface area contributed by atoms with Crippen molar-refractivity contribution in [2.45, 2.75) is 12.8 Å². The topological polar surface area (TPSA) is 73.1 Å². The van der Waals surface area contributed by atoms with Gasteiger partial charge in [0.05, 0.1) is 22.2 Å². The summed E-state index contributed by atoms with van der Waals surface area (Å²) < 4.78 is 0. The van der Waals surface area contributed by atoms with Gasteiger partial charge in [0, 0.05) is 5.70 Å². The summed E-state index contributed by atoms with van der Waals surface area (Å²) in [6.45, 7) is 7.84. The van der Waals surface area contributed by atoms with E-state index in [0.717, 1.165) is 6.42 Å². The number of allylic oxidation sites excluding steroid dienone is 1. The Morgan fingerprint density at radius 3 is 2.30 bits per heavy atom. The average molecular weight is 376 g/mol. The maximum Gasteiger partial charge on any atom is 0.338 e. The molecule has 0 fully saturated rings. The van der Waals surface area contributed by atoms with Crippen molar-refractivity contribution < 1.29 is 9.90 Å². The van der Waals surface area contributed by atoms with E-state index in [9.17, 15) is 9.90 Å². The molecule has 0 atom stereocenters. The molecule has 2 aromatic carbocycles. The first-order valence-corrected chi connectivity index (χ1v) is 8.72. The molecule has 27 heavy (non-hydrogen) atoms. The van der Waals surface area contributed by atoms with E-state index in [-0.39, 0.29) is 10.6 Å². The Kier molecular flexibility index (Phi) is 7.04. The first-order chi connectivity index (χ1) is 12.9. The van der Waals surface area contributed by atoms with Gasteiger partial charge in [-0.3, -0.25) is 0 Å². The molecule has 5 heteroatoms. The quantitative estimate of drug-likeness (QED) is 0.359. The van der Waals surface area contributed by atoms with Crippen LogP contribution in [-0.4, -0.2) is 11.1 Å². The molecule has 0 unspecified atom stereocenters. The summed E-state index contributed by atoms with van der Waals surface area (Å²) in [5.74, 6) is -1.14. The van der Waals surface area contributed by atoms with E-state index in [1.165, 1.54) is 5.56 Å². The fraction of sp³-hybridized carbons (Fsp3) is 0.0909. The molecule has 136 valence electrons. The number of aliphatic carboxylic acids is 1. The number of nitriles is 1. The van der Waals surface area contributed by atoms with Crippen molar-refractivity contribution in [2.75, 3.05) is 0 Å². The zero-order chi connectivity index (χ0) is 19.8. The summed E-state index contributed by atoms with van der Waals surface area (Å²) in [5.41, 5.74) is 3.20. The highest BCUT2D eigenvalue weighted by molar-refractivity contribution is 7.84. The zero-order valence-corrected chi connectivity index (χ0v) is 15.7. The second-order valence-electron chi connectivity index (χ2n) is 5.91. The molecular weight excluding hydrogens is 356 g/mol. The monoisotopic (exact) mass is 376 g/mol. The van der Waals surface area contributed by atoms with Crippen molar-refractivity contribution >= 4 is 24.2 Å². The van der Waals surface area contributed by atoms with Crippen molar-refractivity contribution in [1.29, 1.82) is 5.26 Å². The van der Waals surface area contributed by atoms with E-state index in [2.05, 4.69) is 31.1 Å². The molecule has 0 heterocycles. The molecule has 0 aromatic heterocycles. The number of rotatable bonds is 8. The summed E-state index contributed by atoms with van der Waals surface area (Å²) in [6.07, 6.45) is 1.43. The summed E-state index contributed by atoms with van der Waals surface area (Å²) >= 11 is 4.33. The van der Waals surface area contributed by atoms with E-state index in [1.807, 2.05) is 36.4 Å². The van der Waals surface area contributed by atoms with E-state index < -0.39 is 5.97 Å². The Labute approximate surface area is 164 Å². The van der Waals surface area contributed by atoms with Crippen molar-refractivity contribution in [3.63, 3.8) is 0 Å². The molecule has 2 rings (SSSR count). The molecular formula is C22H20N2O2S. The van der Waals surface area contributed by atoms with E-state index >= 15 is 0 Å². The highest BCUT2D eigenvalue weighted by atomic mass is 32.1. The SMILES string of the molecule is C=C(CCc1ccccc1)N/C(S)=C(/C(=C)c1ccc(C#N)cc1)C(=O)O. The fourth-order valence-corrected chi connectivity index (χ4v) is 2.88. The largest absolute Gasteiger partial charge is 0.478 e. The number of benzene rings is 2. The van der Waals surface area contributed by atoms with E-state index in [1.54, 1.807) is 24.3 Å². The molecule has 0 saturated heterocycles. The Balaban J connectivity index is 2.13. The van der Waals surface area contributed by atoms with E-state index in [0.29, 0.717) is 28.8 Å². The van der Waals surface area contributed by atoms with Gasteiger partial charge in [0.15, 0.2) is 0 Å². The molecule has 0 saturated carbocycles. The van der Waals surface area contributed by atoms with Crippen molar-refractivity contribution in [1.82, 2.24) is 5.32 Å². The van der Waals surface area contributed by atoms with Crippen LogP contribution in [0, 0.1) is 11.3 Å². The molecule has 0 spiro atoms. The Morgan fingerprint density at radius 1 is 1.11 bits per heavy atom. The van der Waals surface area contributed by atoms with Crippen LogP contribution in [0.15, 0.2) is 84.1 Å². The predicted octanol–water partition coefficient (Wildman–Crippen LogP) is 4.53. The Morgan fingerprint density at radius 2 is 1.74 bits per heavy atom. The summed E-state index contributed by atoms with van der Waals surface area (Å²) in [5, 5.41) is 21.6. The number of hydrogen-bond donors (Lipinski definition) is 3. The van der Waals surface area contributed by atoms with Gasteiger partial charge in [-0.2, -0.15) is 5.26 Å². The number of nitrogens with zero attached hydrogens (tertiary/aromatic N) is 1. The van der Waals surface area contributed by atoms with Gasteiger partial charge < -0.3 is 10.4 Å². The van der Waals surface area contributed by atoms with Gasteiger partial charge in [0.25, 0.3) is 0 Å². The highest BCUT2D eigenvalue weighted by Gasteiger charge is 2.18. The van der Waals surface area contributed by atoms with Crippen LogP contribution in [0.3, 0.4) is 0 Å². The number of carbonyl (C=O) groups is 1. The van der Waals surface area contributed by atoms with Crippen molar-refractivity contribution in [3.05, 3.63) is 101 Å². The molecule has 2 N–H and O–H groups in total. The third-order valence-corrected chi connectivity index (χ3v) is 4.30. The second kappa shape index (κ2) is 9.46. The molecule has 0 radical (unpaired) electrons. The van der Waals surface area contributed by atoms with Crippen molar-refractivity contribution in [2.24, 2.45) is 0 Å². The first kappa shape index (κ1) is 20.1. The molecule has 0 bridgehead atoms. The summed E-state index contributed by atoms with van der Waals surface area (Å²) in [7, 11) is 0. The minimum absolute atomic E-state index is 0.0381. The third-order valence-electron chi connectivity index (χ3n) is 3.97. The Hall–Kier alpha value is -3.23. The minimum Gasteiger partial charge on any atom is -0.478 e. The van der Waals surface area contributed by atoms with Crippen LogP contribution < -0.4 is 5.32 Å². The summed E-state index contributed by atoms with van der Waals surface area (Å²) in [6, 6.07) is 18.5. The smallest absolute Gasteiger partial charge is 0.338 e. The lowest BCUT2D eigenvalue weighted by molar-refractivity contribution is -0.132. The molecule has 0 aliphatic rings. The number of carboxylic acid groups (broad SMARTS) is 1. The Bertz CT molecular complexity index is 923. The third kappa shape index (κ3) is 5.63. The van der Waals surface area contributed by atoms with Gasteiger partial charge >= 0.3 is 5.97 Å². The van der Waals surface area contributed by atoms with Crippen molar-refractivity contribution in [3.8, 4) is 6.07 Å². The minimum atomic E-state index is -1.14. The van der Waals surface area contributed by atoms with Gasteiger partial charge in [-0.25, -0.2) is 4.79 Å². The van der Waals surface area contributed by atoms with Crippen LogP contribution in [0.1, 0.15) is 23.1 Å². The predicted molar refractivity (Wildman–Crippen MR) is 111 cm³/mol. The van der Waals surface area contributed by atoms with Crippen LogP contribution >= 0.6 is 12.6 Å². The number of carboxylic acids is 1. The van der Waals surface area contributed by atoms with Crippen LogP contribution in [0.25, 0.3) is 5.57 Å². The molecule has 4 nitrogen and oxygen atoms in total. The zero-order valence-electron chi connectivity index (χ0n) is 14.8. The molecule has 0 aliphatic carbocycles. The first-order valence-electron chi connectivity index (χ1n) is 8.27. The fourth-order valence-electron chi connectivity index (χ4n) is 2.50. The van der Waals surface area contributed by atoms with Gasteiger partial charge in [0.2, 0.25) is 0 Å². The maximum atomic E-state index is 11.8. The lowest BCUT2D eigenvalue weighted by Gasteiger charge is -2.14. The molecule has 0 amide bonds. The summed E-state index contributed by atoms with van der Waals surface area (Å²) in [4.78, 5) is 11.8. The number of nitrogens with one attached hydrogen (secondary N) is 1. The second-order valence-corrected chi connectivity index (χ2v) is 6.36. The molecule has 0 aliphatic heterocycles. The van der Waals surface area contributed by atoms with E-state index in [4.69, 9.17) is 5.26 Å². The van der Waals surface area contributed by atoms with Crippen LogP contribution in [0.4, 0.5) is 0 Å². The van der Waals surface area contributed by atoms with Gasteiger partial charge in [-0.05, 0) is 41.7 Å².